The van der Waals surface area contributed by atoms with Crippen LogP contribution >= 0.6 is 0 Å². The van der Waals surface area contributed by atoms with E-state index in [1.54, 1.807) is 12.1 Å². The summed E-state index contributed by atoms with van der Waals surface area (Å²) in [6.07, 6.45) is 2.84. The highest BCUT2D eigenvalue weighted by Gasteiger charge is 2.25. The molecule has 23 heavy (non-hydrogen) atoms. The molecule has 0 bridgehead atoms. The van der Waals surface area contributed by atoms with Gasteiger partial charge in [0.1, 0.15) is 0 Å². The molecule has 1 aromatic rings. The van der Waals surface area contributed by atoms with Gasteiger partial charge in [-0.05, 0) is 30.5 Å². The van der Waals surface area contributed by atoms with E-state index >= 15 is 0 Å². The SMILES string of the molecule is CCCCNC(=O)CN1CCc2ccc(S(=O)(=O)N(C)C)cc21. The Balaban J connectivity index is 2.14. The van der Waals surface area contributed by atoms with Crippen LogP contribution in [-0.2, 0) is 21.2 Å². The van der Waals surface area contributed by atoms with Crippen molar-refractivity contribution >= 4 is 21.6 Å². The summed E-state index contributed by atoms with van der Waals surface area (Å²) in [5.74, 6) is -0.0211. The summed E-state index contributed by atoms with van der Waals surface area (Å²) in [6.45, 7) is 3.77. The van der Waals surface area contributed by atoms with Crippen LogP contribution in [0.2, 0.25) is 0 Å². The minimum atomic E-state index is -3.46. The van der Waals surface area contributed by atoms with Gasteiger partial charge in [0.15, 0.2) is 0 Å². The second-order valence-electron chi connectivity index (χ2n) is 5.95. The molecule has 1 N–H and O–H groups in total. The zero-order valence-corrected chi connectivity index (χ0v) is 14.8. The highest BCUT2D eigenvalue weighted by molar-refractivity contribution is 7.89. The summed E-state index contributed by atoms with van der Waals surface area (Å²) in [5.41, 5.74) is 1.93. The first-order chi connectivity index (χ1) is 10.9. The highest BCUT2D eigenvalue weighted by atomic mass is 32.2. The molecule has 1 aromatic carbocycles. The van der Waals surface area contributed by atoms with E-state index in [-0.39, 0.29) is 17.3 Å². The first-order valence-corrected chi connectivity index (χ1v) is 9.37. The van der Waals surface area contributed by atoms with Crippen LogP contribution in [0.25, 0.3) is 0 Å². The first kappa shape index (κ1) is 17.7. The molecule has 0 spiro atoms. The predicted molar refractivity (Wildman–Crippen MR) is 91.1 cm³/mol. The number of carbonyl (C=O) groups is 1. The maximum atomic E-state index is 12.3. The van der Waals surface area contributed by atoms with E-state index in [4.69, 9.17) is 0 Å². The highest BCUT2D eigenvalue weighted by Crippen LogP contribution is 2.30. The van der Waals surface area contributed by atoms with Gasteiger partial charge in [-0.15, -0.1) is 0 Å². The number of sulfonamides is 1. The maximum Gasteiger partial charge on any atom is 0.242 e. The Hall–Kier alpha value is -1.60. The molecule has 7 heteroatoms. The third kappa shape index (κ3) is 4.03. The maximum absolute atomic E-state index is 12.3. The molecule has 0 radical (unpaired) electrons. The van der Waals surface area contributed by atoms with Gasteiger partial charge in [-0.25, -0.2) is 12.7 Å². The normalized spacial score (nSPS) is 14.2. The number of nitrogens with one attached hydrogen (secondary N) is 1. The van der Waals surface area contributed by atoms with Crippen LogP contribution in [0.4, 0.5) is 5.69 Å². The van der Waals surface area contributed by atoms with Crippen LogP contribution in [0.3, 0.4) is 0 Å². The number of amides is 1. The third-order valence-electron chi connectivity index (χ3n) is 4.01. The smallest absolute Gasteiger partial charge is 0.242 e. The quantitative estimate of drug-likeness (QED) is 0.758. The molecule has 0 aromatic heterocycles. The summed E-state index contributed by atoms with van der Waals surface area (Å²) in [6, 6.07) is 5.16. The molecule has 1 aliphatic rings. The average Bonchev–Trinajstić information content (AvgIpc) is 2.89. The fraction of sp³-hybridized carbons (Fsp3) is 0.562. The van der Waals surface area contributed by atoms with E-state index in [9.17, 15) is 13.2 Å². The molecule has 1 heterocycles. The van der Waals surface area contributed by atoms with Crippen molar-refractivity contribution in [3.05, 3.63) is 23.8 Å². The number of unbranched alkanes of at least 4 members (excludes halogenated alkanes) is 1. The Labute approximate surface area is 138 Å². The Morgan fingerprint density at radius 3 is 2.74 bits per heavy atom. The minimum Gasteiger partial charge on any atom is -0.362 e. The van der Waals surface area contributed by atoms with Crippen molar-refractivity contribution in [2.45, 2.75) is 31.1 Å². The standard InChI is InChI=1S/C16H25N3O3S/c1-4-5-9-17-16(20)12-19-10-8-13-6-7-14(11-15(13)19)23(21,22)18(2)3/h6-7,11H,4-5,8-10,12H2,1-3H3,(H,17,20). The van der Waals surface area contributed by atoms with Crippen molar-refractivity contribution in [2.75, 3.05) is 38.6 Å². The van der Waals surface area contributed by atoms with Crippen LogP contribution in [0.15, 0.2) is 23.1 Å². The average molecular weight is 339 g/mol. The number of anilines is 1. The van der Waals surface area contributed by atoms with E-state index in [2.05, 4.69) is 12.2 Å². The molecule has 0 aliphatic carbocycles. The molecule has 6 nitrogen and oxygen atoms in total. The van der Waals surface area contributed by atoms with E-state index in [1.807, 2.05) is 11.0 Å². The van der Waals surface area contributed by atoms with Gasteiger partial charge in [-0.2, -0.15) is 0 Å². The van der Waals surface area contributed by atoms with E-state index in [0.717, 1.165) is 37.1 Å². The van der Waals surface area contributed by atoms with Crippen molar-refractivity contribution in [1.29, 1.82) is 0 Å². The topological polar surface area (TPSA) is 69.7 Å². The van der Waals surface area contributed by atoms with Crippen LogP contribution < -0.4 is 10.2 Å². The summed E-state index contributed by atoms with van der Waals surface area (Å²) in [5, 5.41) is 2.90. The van der Waals surface area contributed by atoms with Crippen molar-refractivity contribution in [2.24, 2.45) is 0 Å². The number of carbonyl (C=O) groups excluding carboxylic acids is 1. The second kappa shape index (κ2) is 7.31. The Kier molecular flexibility index (Phi) is 5.64. The lowest BCUT2D eigenvalue weighted by molar-refractivity contribution is -0.119. The number of fused-ring (bicyclic) bond motifs is 1. The van der Waals surface area contributed by atoms with Gasteiger partial charge in [0.25, 0.3) is 0 Å². The Morgan fingerprint density at radius 1 is 1.35 bits per heavy atom. The predicted octanol–water partition coefficient (Wildman–Crippen LogP) is 1.22. The third-order valence-corrected chi connectivity index (χ3v) is 5.83. The fourth-order valence-electron chi connectivity index (χ4n) is 2.59. The zero-order valence-electron chi connectivity index (χ0n) is 14.0. The number of nitrogens with zero attached hydrogens (tertiary/aromatic N) is 2. The molecule has 0 fully saturated rings. The van der Waals surface area contributed by atoms with Gasteiger partial charge in [0.05, 0.1) is 11.4 Å². The summed E-state index contributed by atoms with van der Waals surface area (Å²) in [4.78, 5) is 14.2. The molecule has 0 unspecified atom stereocenters. The molecule has 0 saturated carbocycles. The van der Waals surface area contributed by atoms with Crippen LogP contribution in [-0.4, -0.2) is 52.4 Å². The number of hydrogen-bond acceptors (Lipinski definition) is 4. The van der Waals surface area contributed by atoms with Crippen LogP contribution in [0.5, 0.6) is 0 Å². The molecule has 0 atom stereocenters. The fourth-order valence-corrected chi connectivity index (χ4v) is 3.52. The van der Waals surface area contributed by atoms with E-state index < -0.39 is 10.0 Å². The largest absolute Gasteiger partial charge is 0.362 e. The number of rotatable bonds is 7. The van der Waals surface area contributed by atoms with Crippen molar-refractivity contribution in [1.82, 2.24) is 9.62 Å². The lowest BCUT2D eigenvalue weighted by Gasteiger charge is -2.20. The monoisotopic (exact) mass is 339 g/mol. The summed E-state index contributed by atoms with van der Waals surface area (Å²) < 4.78 is 25.7. The molecule has 1 amide bonds. The van der Waals surface area contributed by atoms with Crippen molar-refractivity contribution < 1.29 is 13.2 Å². The number of hydrogen-bond donors (Lipinski definition) is 1. The molecule has 0 saturated heterocycles. The van der Waals surface area contributed by atoms with Crippen LogP contribution in [0, 0.1) is 0 Å². The first-order valence-electron chi connectivity index (χ1n) is 7.93. The lowest BCUT2D eigenvalue weighted by atomic mass is 10.2. The molecular formula is C16H25N3O3S. The molecular weight excluding hydrogens is 314 g/mol. The molecule has 128 valence electrons. The molecule has 2 rings (SSSR count). The Bertz CT molecular complexity index is 671. The minimum absolute atomic E-state index is 0.0211. The van der Waals surface area contributed by atoms with E-state index in [0.29, 0.717) is 6.54 Å². The van der Waals surface area contributed by atoms with Crippen LogP contribution in [0.1, 0.15) is 25.3 Å². The van der Waals surface area contributed by atoms with Gasteiger partial charge in [-0.1, -0.05) is 19.4 Å². The van der Waals surface area contributed by atoms with Gasteiger partial charge < -0.3 is 10.2 Å². The van der Waals surface area contributed by atoms with Crippen molar-refractivity contribution in [3.63, 3.8) is 0 Å². The number of benzene rings is 1. The second-order valence-corrected chi connectivity index (χ2v) is 8.10. The Morgan fingerprint density at radius 2 is 2.09 bits per heavy atom. The lowest BCUT2D eigenvalue weighted by Crippen LogP contribution is -2.36. The van der Waals surface area contributed by atoms with Crippen molar-refractivity contribution in [3.8, 4) is 0 Å². The summed E-state index contributed by atoms with van der Waals surface area (Å²) in [7, 11) is -0.431. The van der Waals surface area contributed by atoms with Gasteiger partial charge in [-0.3, -0.25) is 4.79 Å². The molecule has 1 aliphatic heterocycles. The summed E-state index contributed by atoms with van der Waals surface area (Å²) >= 11 is 0. The zero-order chi connectivity index (χ0) is 17.0. The van der Waals surface area contributed by atoms with Gasteiger partial charge in [0.2, 0.25) is 15.9 Å². The van der Waals surface area contributed by atoms with Gasteiger partial charge >= 0.3 is 0 Å². The van der Waals surface area contributed by atoms with Gasteiger partial charge in [0, 0.05) is 32.9 Å². The van der Waals surface area contributed by atoms with E-state index in [1.165, 1.54) is 18.4 Å².